The molecule has 20 heavy (non-hydrogen) atoms. The molecule has 1 unspecified atom stereocenters. The molecule has 2 nitrogen and oxygen atoms in total. The van der Waals surface area contributed by atoms with E-state index < -0.39 is 0 Å². The minimum absolute atomic E-state index is 0.162. The van der Waals surface area contributed by atoms with Crippen molar-refractivity contribution in [2.24, 2.45) is 0 Å². The molecule has 2 aromatic rings. The van der Waals surface area contributed by atoms with Crippen LogP contribution in [0.4, 0.5) is 0 Å². The fraction of sp³-hybridized carbons (Fsp3) is 0.333. The molecular weight excluding hydrogens is 246 g/mol. The largest absolute Gasteiger partial charge is 0.496 e. The van der Waals surface area contributed by atoms with E-state index in [9.17, 15) is 0 Å². The van der Waals surface area contributed by atoms with E-state index in [1.165, 1.54) is 16.7 Å². The van der Waals surface area contributed by atoms with Crippen LogP contribution in [-0.2, 0) is 5.41 Å². The maximum atomic E-state index is 5.53. The Morgan fingerprint density at radius 2 is 1.65 bits per heavy atom. The maximum absolute atomic E-state index is 5.53. The molecule has 0 bridgehead atoms. The highest BCUT2D eigenvalue weighted by Crippen LogP contribution is 2.39. The second kappa shape index (κ2) is 4.95. The van der Waals surface area contributed by atoms with Gasteiger partial charge >= 0.3 is 0 Å². The molecule has 1 aliphatic heterocycles. The normalized spacial score (nSPS) is 20.2. The molecule has 1 heterocycles. The minimum atomic E-state index is 0.162. The van der Waals surface area contributed by atoms with Gasteiger partial charge in [-0.25, -0.2) is 0 Å². The monoisotopic (exact) mass is 267 g/mol. The van der Waals surface area contributed by atoms with E-state index in [2.05, 4.69) is 55.6 Å². The maximum Gasteiger partial charge on any atom is 0.123 e. The predicted molar refractivity (Wildman–Crippen MR) is 82.3 cm³/mol. The third kappa shape index (κ3) is 2.10. The van der Waals surface area contributed by atoms with Crippen molar-refractivity contribution in [1.82, 2.24) is 5.32 Å². The molecule has 0 aliphatic carbocycles. The summed E-state index contributed by atoms with van der Waals surface area (Å²) in [4.78, 5) is 0. The first-order valence-electron chi connectivity index (χ1n) is 7.09. The molecule has 2 aromatic carbocycles. The van der Waals surface area contributed by atoms with Crippen molar-refractivity contribution in [3.63, 3.8) is 0 Å². The molecule has 0 spiro atoms. The standard InChI is InChI=1S/C18H21NO/c1-18(2)12-19-17(13-8-4-6-10-15(13)18)14-9-5-7-11-16(14)20-3/h4-11,17,19H,12H2,1-3H3. The molecule has 0 fully saturated rings. The van der Waals surface area contributed by atoms with Crippen LogP contribution >= 0.6 is 0 Å². The summed E-state index contributed by atoms with van der Waals surface area (Å²) in [6, 6.07) is 17.2. The quantitative estimate of drug-likeness (QED) is 0.896. The number of hydrogen-bond acceptors (Lipinski definition) is 2. The smallest absolute Gasteiger partial charge is 0.123 e. The Morgan fingerprint density at radius 3 is 2.40 bits per heavy atom. The fourth-order valence-corrected chi connectivity index (χ4v) is 3.11. The Balaban J connectivity index is 2.13. The van der Waals surface area contributed by atoms with E-state index in [4.69, 9.17) is 4.74 Å². The SMILES string of the molecule is COc1ccccc1C1NCC(C)(C)c2ccccc21. The molecule has 1 aliphatic rings. The molecular formula is C18H21NO. The first kappa shape index (κ1) is 13.2. The number of benzene rings is 2. The van der Waals surface area contributed by atoms with Gasteiger partial charge in [0.15, 0.2) is 0 Å². The van der Waals surface area contributed by atoms with Crippen LogP contribution < -0.4 is 10.1 Å². The lowest BCUT2D eigenvalue weighted by Gasteiger charge is -2.38. The Hall–Kier alpha value is -1.80. The second-order valence-electron chi connectivity index (χ2n) is 6.03. The fourth-order valence-electron chi connectivity index (χ4n) is 3.11. The van der Waals surface area contributed by atoms with Crippen LogP contribution in [0.15, 0.2) is 48.5 Å². The summed E-state index contributed by atoms with van der Waals surface area (Å²) in [5.74, 6) is 0.944. The number of rotatable bonds is 2. The van der Waals surface area contributed by atoms with Gasteiger partial charge in [-0.15, -0.1) is 0 Å². The van der Waals surface area contributed by atoms with Crippen molar-refractivity contribution in [2.75, 3.05) is 13.7 Å². The van der Waals surface area contributed by atoms with Gasteiger partial charge in [0.25, 0.3) is 0 Å². The number of fused-ring (bicyclic) bond motifs is 1. The molecule has 1 N–H and O–H groups in total. The Bertz CT molecular complexity index is 618. The molecule has 0 radical (unpaired) electrons. The van der Waals surface area contributed by atoms with Gasteiger partial charge in [0.1, 0.15) is 5.75 Å². The van der Waals surface area contributed by atoms with Gasteiger partial charge < -0.3 is 10.1 Å². The van der Waals surface area contributed by atoms with Gasteiger partial charge in [-0.1, -0.05) is 56.3 Å². The third-order valence-electron chi connectivity index (χ3n) is 4.20. The molecule has 0 saturated heterocycles. The zero-order valence-corrected chi connectivity index (χ0v) is 12.3. The zero-order valence-electron chi connectivity index (χ0n) is 12.3. The number of methoxy groups -OCH3 is 1. The molecule has 0 amide bonds. The van der Waals surface area contributed by atoms with Crippen LogP contribution in [0.3, 0.4) is 0 Å². The van der Waals surface area contributed by atoms with Crippen LogP contribution in [0.2, 0.25) is 0 Å². The van der Waals surface area contributed by atoms with E-state index in [1.807, 2.05) is 12.1 Å². The Kier molecular flexibility index (Phi) is 3.27. The lowest BCUT2D eigenvalue weighted by molar-refractivity contribution is 0.381. The molecule has 0 saturated carbocycles. The topological polar surface area (TPSA) is 21.3 Å². The van der Waals surface area contributed by atoms with Crippen molar-refractivity contribution in [3.8, 4) is 5.75 Å². The zero-order chi connectivity index (χ0) is 14.2. The summed E-state index contributed by atoms with van der Waals surface area (Å²) in [7, 11) is 1.73. The van der Waals surface area contributed by atoms with Gasteiger partial charge in [-0.05, 0) is 17.2 Å². The second-order valence-corrected chi connectivity index (χ2v) is 6.03. The molecule has 2 heteroatoms. The summed E-state index contributed by atoms with van der Waals surface area (Å²) in [5, 5.41) is 3.68. The van der Waals surface area contributed by atoms with Crippen molar-refractivity contribution >= 4 is 0 Å². The average molecular weight is 267 g/mol. The lowest BCUT2D eigenvalue weighted by Crippen LogP contribution is -2.42. The van der Waals surface area contributed by atoms with E-state index in [-0.39, 0.29) is 11.5 Å². The number of para-hydroxylation sites is 1. The van der Waals surface area contributed by atoms with E-state index in [0.29, 0.717) is 0 Å². The predicted octanol–water partition coefficient (Wildman–Crippen LogP) is 3.67. The average Bonchev–Trinajstić information content (AvgIpc) is 2.48. The van der Waals surface area contributed by atoms with Gasteiger partial charge in [-0.2, -0.15) is 0 Å². The molecule has 1 atom stereocenters. The Labute approximate surface area is 120 Å². The summed E-state index contributed by atoms with van der Waals surface area (Å²) in [5.41, 5.74) is 4.15. The number of ether oxygens (including phenoxy) is 1. The first-order chi connectivity index (χ1) is 9.63. The summed E-state index contributed by atoms with van der Waals surface area (Å²) >= 11 is 0. The van der Waals surface area contributed by atoms with Gasteiger partial charge in [0.2, 0.25) is 0 Å². The van der Waals surface area contributed by atoms with E-state index in [1.54, 1.807) is 7.11 Å². The lowest BCUT2D eigenvalue weighted by atomic mass is 9.75. The van der Waals surface area contributed by atoms with Crippen LogP contribution in [0, 0.1) is 0 Å². The highest BCUT2D eigenvalue weighted by molar-refractivity contribution is 5.47. The van der Waals surface area contributed by atoms with Crippen molar-refractivity contribution in [2.45, 2.75) is 25.3 Å². The third-order valence-corrected chi connectivity index (χ3v) is 4.20. The molecule has 3 rings (SSSR count). The van der Waals surface area contributed by atoms with Crippen LogP contribution in [-0.4, -0.2) is 13.7 Å². The summed E-state index contributed by atoms with van der Waals surface area (Å²) < 4.78 is 5.53. The Morgan fingerprint density at radius 1 is 1.00 bits per heavy atom. The summed E-state index contributed by atoms with van der Waals surface area (Å²) in [6.45, 7) is 5.54. The van der Waals surface area contributed by atoms with Crippen molar-refractivity contribution in [1.29, 1.82) is 0 Å². The number of hydrogen-bond donors (Lipinski definition) is 1. The van der Waals surface area contributed by atoms with Crippen molar-refractivity contribution in [3.05, 3.63) is 65.2 Å². The summed E-state index contributed by atoms with van der Waals surface area (Å²) in [6.07, 6.45) is 0. The van der Waals surface area contributed by atoms with E-state index in [0.717, 1.165) is 12.3 Å². The van der Waals surface area contributed by atoms with Gasteiger partial charge in [0, 0.05) is 17.5 Å². The van der Waals surface area contributed by atoms with Crippen molar-refractivity contribution < 1.29 is 4.74 Å². The van der Waals surface area contributed by atoms with E-state index >= 15 is 0 Å². The molecule has 104 valence electrons. The number of nitrogens with one attached hydrogen (secondary N) is 1. The first-order valence-corrected chi connectivity index (χ1v) is 7.09. The molecule has 0 aromatic heterocycles. The highest BCUT2D eigenvalue weighted by Gasteiger charge is 2.33. The van der Waals surface area contributed by atoms with Gasteiger partial charge in [0.05, 0.1) is 13.2 Å². The van der Waals surface area contributed by atoms with Crippen LogP contribution in [0.25, 0.3) is 0 Å². The highest BCUT2D eigenvalue weighted by atomic mass is 16.5. The van der Waals surface area contributed by atoms with Crippen LogP contribution in [0.1, 0.15) is 36.6 Å². The minimum Gasteiger partial charge on any atom is -0.496 e. The van der Waals surface area contributed by atoms with Gasteiger partial charge in [-0.3, -0.25) is 0 Å². The van der Waals surface area contributed by atoms with Crippen LogP contribution in [0.5, 0.6) is 5.75 Å².